The number of nitrogens with one attached hydrogen (secondary N) is 2. The van der Waals surface area contributed by atoms with Crippen LogP contribution in [0.4, 0.5) is 27.7 Å². The number of rotatable bonds is 9. The van der Waals surface area contributed by atoms with Gasteiger partial charge in [-0.1, -0.05) is 12.0 Å². The van der Waals surface area contributed by atoms with E-state index in [0.717, 1.165) is 34.9 Å². The number of amides is 1. The van der Waals surface area contributed by atoms with Crippen LogP contribution < -0.4 is 20.4 Å². The van der Waals surface area contributed by atoms with Crippen LogP contribution in [0.5, 0.6) is 0 Å². The fourth-order valence-electron chi connectivity index (χ4n) is 6.61. The van der Waals surface area contributed by atoms with Gasteiger partial charge < -0.3 is 25.2 Å². The summed E-state index contributed by atoms with van der Waals surface area (Å²) in [4.78, 5) is 30.0. The number of aromatic nitrogens is 3. The van der Waals surface area contributed by atoms with Gasteiger partial charge in [0.15, 0.2) is 0 Å². The van der Waals surface area contributed by atoms with E-state index < -0.39 is 22.1 Å². The van der Waals surface area contributed by atoms with Crippen LogP contribution in [0.2, 0.25) is 0 Å². The highest BCUT2D eigenvalue weighted by Gasteiger charge is 2.36. The molecule has 3 fully saturated rings. The lowest BCUT2D eigenvalue weighted by atomic mass is 9.73. The molecule has 4 heterocycles. The van der Waals surface area contributed by atoms with Gasteiger partial charge in [0, 0.05) is 74.3 Å². The zero-order valence-corrected chi connectivity index (χ0v) is 26.5. The van der Waals surface area contributed by atoms with Crippen LogP contribution in [0.25, 0.3) is 10.8 Å². The number of halogens is 1. The minimum atomic E-state index is -3.05. The number of piperidine rings is 1. The van der Waals surface area contributed by atoms with E-state index in [4.69, 9.17) is 9.72 Å². The third-order valence-electron chi connectivity index (χ3n) is 8.94. The van der Waals surface area contributed by atoms with Crippen molar-refractivity contribution in [3.63, 3.8) is 0 Å². The number of ether oxygens (including phenoxy) is 1. The van der Waals surface area contributed by atoms with E-state index >= 15 is 0 Å². The fourth-order valence-corrected chi connectivity index (χ4v) is 7.68. The molecule has 3 aromatic rings. The second-order valence-electron chi connectivity index (χ2n) is 12.2. The normalized spacial score (nSPS) is 23.5. The van der Waals surface area contributed by atoms with Gasteiger partial charge in [-0.15, -0.1) is 0 Å². The zero-order valence-electron chi connectivity index (χ0n) is 25.7. The Morgan fingerprint density at radius 3 is 2.60 bits per heavy atom. The van der Waals surface area contributed by atoms with Crippen molar-refractivity contribution in [3.05, 3.63) is 42.2 Å². The van der Waals surface area contributed by atoms with Gasteiger partial charge in [0.25, 0.3) is 5.91 Å². The van der Waals surface area contributed by atoms with Crippen LogP contribution in [0, 0.1) is 17.8 Å². The second kappa shape index (κ2) is 12.8. The topological polar surface area (TPSA) is 130 Å². The van der Waals surface area contributed by atoms with Crippen LogP contribution in [0.1, 0.15) is 37.7 Å². The lowest BCUT2D eigenvalue weighted by Crippen LogP contribution is -2.49. The maximum atomic E-state index is 14.6. The second-order valence-corrected chi connectivity index (χ2v) is 14.4. The Balaban J connectivity index is 1.28. The number of alkyl halides is 1. The summed E-state index contributed by atoms with van der Waals surface area (Å²) in [6.07, 6.45) is 5.55. The summed E-state index contributed by atoms with van der Waals surface area (Å²) >= 11 is 0. The third-order valence-corrected chi connectivity index (χ3v) is 10.0. The number of pyridine rings is 1. The Labute approximate surface area is 262 Å². The number of benzene rings is 1. The first kappa shape index (κ1) is 31.0. The Morgan fingerprint density at radius 2 is 1.91 bits per heavy atom. The quantitative estimate of drug-likeness (QED) is 0.338. The van der Waals surface area contributed by atoms with Gasteiger partial charge in [-0.05, 0) is 61.3 Å². The highest BCUT2D eigenvalue weighted by atomic mass is 32.2. The number of sulfone groups is 1. The number of methoxy groups -OCH3 is 1. The van der Waals surface area contributed by atoms with Crippen LogP contribution in [0.15, 0.2) is 36.7 Å². The van der Waals surface area contributed by atoms with Gasteiger partial charge in [-0.2, -0.15) is 4.98 Å². The number of carbonyl (C=O) groups excluding carboxylic acids is 1. The molecule has 0 bridgehead atoms. The summed E-state index contributed by atoms with van der Waals surface area (Å²) < 4.78 is 43.5. The Bertz CT molecular complexity index is 1760. The van der Waals surface area contributed by atoms with Gasteiger partial charge in [-0.25, -0.2) is 22.8 Å². The van der Waals surface area contributed by atoms with Crippen LogP contribution >= 0.6 is 0 Å². The molecule has 1 amide bonds. The largest absolute Gasteiger partial charge is 0.378 e. The molecule has 2 aromatic heterocycles. The average molecular weight is 636 g/mol. The van der Waals surface area contributed by atoms with Gasteiger partial charge in [0.2, 0.25) is 5.95 Å². The van der Waals surface area contributed by atoms with Crippen molar-refractivity contribution in [3.8, 4) is 11.8 Å². The molecular weight excluding hydrogens is 597 g/mol. The molecule has 13 heteroatoms. The van der Waals surface area contributed by atoms with Crippen molar-refractivity contribution in [1.82, 2.24) is 20.3 Å². The molecule has 6 rings (SSSR count). The van der Waals surface area contributed by atoms with Crippen molar-refractivity contribution in [2.24, 2.45) is 5.92 Å². The maximum Gasteiger partial charge on any atom is 0.296 e. The number of nitrogens with zero attached hydrogens (tertiary/aromatic N) is 5. The Kier molecular flexibility index (Phi) is 8.79. The van der Waals surface area contributed by atoms with Crippen molar-refractivity contribution < 1.29 is 22.3 Å². The molecule has 1 aromatic carbocycles. The summed E-state index contributed by atoms with van der Waals surface area (Å²) in [5.74, 6) is 6.89. The molecule has 2 saturated heterocycles. The molecule has 3 aliphatic rings. The molecular formula is C32H38FN7O4S. The highest BCUT2D eigenvalue weighted by molar-refractivity contribution is 7.90. The van der Waals surface area contributed by atoms with Crippen molar-refractivity contribution >= 4 is 49.8 Å². The Morgan fingerprint density at radius 1 is 1.09 bits per heavy atom. The molecule has 4 atom stereocenters. The number of anilines is 4. The molecule has 1 aliphatic carbocycles. The predicted molar refractivity (Wildman–Crippen MR) is 172 cm³/mol. The molecule has 11 nitrogen and oxygen atoms in total. The lowest BCUT2D eigenvalue weighted by Gasteiger charge is -2.42. The lowest BCUT2D eigenvalue weighted by molar-refractivity contribution is -0.117. The van der Waals surface area contributed by atoms with Crippen LogP contribution in [0.3, 0.4) is 0 Å². The minimum Gasteiger partial charge on any atom is -0.378 e. The van der Waals surface area contributed by atoms with Crippen LogP contribution in [-0.4, -0.2) is 92.9 Å². The molecule has 238 valence electrons. The molecule has 2 N–H and O–H groups in total. The maximum absolute atomic E-state index is 14.6. The zero-order chi connectivity index (χ0) is 31.7. The van der Waals surface area contributed by atoms with Gasteiger partial charge in [0.1, 0.15) is 27.6 Å². The molecule has 2 aliphatic heterocycles. The SMILES string of the molecule is CC#CC(=O)N[C@@H]1CC[C@H]1c1ccc(N2CC(CS(C)(=O)=O)C2)c2cnc(Nc3ccnc(N4CC[C@@H](OC)[C@@H](F)C4)n3)cc12. The van der Waals surface area contributed by atoms with Crippen molar-refractivity contribution in [2.75, 3.05) is 60.4 Å². The van der Waals surface area contributed by atoms with E-state index in [1.165, 1.54) is 13.4 Å². The van der Waals surface area contributed by atoms with E-state index in [1.807, 2.05) is 17.2 Å². The number of carbonyl (C=O) groups is 1. The number of hydrogen-bond acceptors (Lipinski definition) is 10. The standard InChI is InChI=1S/C32H38FN7O4S/c1-4-5-31(41)36-26-8-6-22(26)21-7-9-27(40-16-20(17-40)19-45(3,42)43)24-15-35-30(14-23(21)24)37-29-10-12-34-32(38-29)39-13-11-28(44-2)25(33)18-39/h7,9-10,12,14-15,20,22,25-26,28H,6,8,11,13,16-19H2,1-3H3,(H,36,41)(H,34,35,37,38)/t22-,25-,26+,28+/m0/s1. The van der Waals surface area contributed by atoms with Gasteiger partial charge in [0.05, 0.1) is 18.4 Å². The predicted octanol–water partition coefficient (Wildman–Crippen LogP) is 3.20. The number of fused-ring (bicyclic) bond motifs is 1. The molecule has 0 unspecified atom stereocenters. The minimum absolute atomic E-state index is 0.0221. The summed E-state index contributed by atoms with van der Waals surface area (Å²) in [6.45, 7) is 3.71. The smallest absolute Gasteiger partial charge is 0.296 e. The first-order chi connectivity index (χ1) is 21.6. The summed E-state index contributed by atoms with van der Waals surface area (Å²) in [7, 11) is -1.52. The monoisotopic (exact) mass is 635 g/mol. The average Bonchev–Trinajstić information content (AvgIpc) is 2.97. The fraction of sp³-hybridized carbons (Fsp3) is 0.500. The highest BCUT2D eigenvalue weighted by Crippen LogP contribution is 2.43. The first-order valence-electron chi connectivity index (χ1n) is 15.2. The van der Waals surface area contributed by atoms with E-state index in [-0.39, 0.29) is 36.1 Å². The molecule has 45 heavy (non-hydrogen) atoms. The van der Waals surface area contributed by atoms with Crippen LogP contribution in [-0.2, 0) is 19.4 Å². The summed E-state index contributed by atoms with van der Waals surface area (Å²) in [5, 5.41) is 8.31. The Hall–Kier alpha value is -4.02. The van der Waals surface area contributed by atoms with E-state index in [1.54, 1.807) is 19.2 Å². The summed E-state index contributed by atoms with van der Waals surface area (Å²) in [6, 6.07) is 7.91. The van der Waals surface area contributed by atoms with E-state index in [0.29, 0.717) is 43.6 Å². The van der Waals surface area contributed by atoms with E-state index in [2.05, 4.69) is 49.5 Å². The van der Waals surface area contributed by atoms with E-state index in [9.17, 15) is 17.6 Å². The van der Waals surface area contributed by atoms with Gasteiger partial charge in [-0.3, -0.25) is 4.79 Å². The molecule has 0 radical (unpaired) electrons. The third kappa shape index (κ3) is 6.82. The van der Waals surface area contributed by atoms with Crippen molar-refractivity contribution in [1.29, 1.82) is 0 Å². The molecule has 1 saturated carbocycles. The van der Waals surface area contributed by atoms with Crippen molar-refractivity contribution in [2.45, 2.75) is 50.4 Å². The molecule has 0 spiro atoms. The first-order valence-corrected chi connectivity index (χ1v) is 17.3. The van der Waals surface area contributed by atoms with Gasteiger partial charge >= 0.3 is 0 Å². The number of hydrogen-bond donors (Lipinski definition) is 2. The summed E-state index contributed by atoms with van der Waals surface area (Å²) in [5.41, 5.74) is 2.10.